The Kier molecular flexibility index (Phi) is 8.01. The first kappa shape index (κ1) is 22.8. The lowest BCUT2D eigenvalue weighted by atomic mass is 10.2. The number of nitrogens with one attached hydrogen (secondary N) is 1. The van der Waals surface area contributed by atoms with E-state index < -0.39 is 0 Å². The molecule has 0 bridgehead atoms. The first-order valence-electron chi connectivity index (χ1n) is 9.64. The summed E-state index contributed by atoms with van der Waals surface area (Å²) >= 11 is 2.56. The van der Waals surface area contributed by atoms with E-state index in [1.165, 1.54) is 23.1 Å². The third-order valence-electron chi connectivity index (χ3n) is 4.14. The molecule has 0 saturated carbocycles. The summed E-state index contributed by atoms with van der Waals surface area (Å²) in [6.07, 6.45) is 0.0836. The van der Waals surface area contributed by atoms with Gasteiger partial charge in [0.2, 0.25) is 5.91 Å². The average Bonchev–Trinajstić information content (AvgIpc) is 3.38. The van der Waals surface area contributed by atoms with Gasteiger partial charge < -0.3 is 19.4 Å². The summed E-state index contributed by atoms with van der Waals surface area (Å²) in [7, 11) is 1.61. The number of hydrogen-bond donors (Lipinski definition) is 1. The molecule has 0 aliphatic rings. The first-order valence-corrected chi connectivity index (χ1v) is 11.5. The third kappa shape index (κ3) is 5.82. The van der Waals surface area contributed by atoms with E-state index in [-0.39, 0.29) is 24.1 Å². The second-order valence-corrected chi connectivity index (χ2v) is 8.01. The average molecular weight is 462 g/mol. The van der Waals surface area contributed by atoms with Crippen LogP contribution >= 0.6 is 23.1 Å². The zero-order chi connectivity index (χ0) is 22.2. The van der Waals surface area contributed by atoms with Gasteiger partial charge in [-0.05, 0) is 26.0 Å². The van der Waals surface area contributed by atoms with Gasteiger partial charge in [0.25, 0.3) is 0 Å². The van der Waals surface area contributed by atoms with Crippen LogP contribution in [0.2, 0.25) is 0 Å². The molecular weight excluding hydrogens is 438 g/mol. The molecule has 11 heteroatoms. The molecule has 0 saturated heterocycles. The molecule has 1 aromatic carbocycles. The number of rotatable bonds is 10. The molecule has 31 heavy (non-hydrogen) atoms. The largest absolute Gasteiger partial charge is 0.496 e. The van der Waals surface area contributed by atoms with Crippen molar-refractivity contribution in [1.29, 1.82) is 0 Å². The zero-order valence-corrected chi connectivity index (χ0v) is 19.1. The molecule has 0 radical (unpaired) electrons. The number of thiazole rings is 1. The topological polar surface area (TPSA) is 108 Å². The Balaban J connectivity index is 1.61. The summed E-state index contributed by atoms with van der Waals surface area (Å²) in [5.41, 5.74) is 1.41. The Bertz CT molecular complexity index is 1050. The van der Waals surface area contributed by atoms with Gasteiger partial charge >= 0.3 is 5.97 Å². The van der Waals surface area contributed by atoms with E-state index in [0.717, 1.165) is 5.56 Å². The van der Waals surface area contributed by atoms with Crippen molar-refractivity contribution < 1.29 is 19.1 Å². The highest BCUT2D eigenvalue weighted by Crippen LogP contribution is 2.30. The summed E-state index contributed by atoms with van der Waals surface area (Å²) in [5, 5.41) is 14.1. The van der Waals surface area contributed by atoms with Crippen molar-refractivity contribution in [2.24, 2.45) is 0 Å². The van der Waals surface area contributed by atoms with Crippen molar-refractivity contribution >= 4 is 40.1 Å². The molecule has 0 unspecified atom stereocenters. The van der Waals surface area contributed by atoms with Crippen molar-refractivity contribution in [2.75, 3.05) is 24.8 Å². The Hall–Kier alpha value is -2.92. The summed E-state index contributed by atoms with van der Waals surface area (Å²) < 4.78 is 12.3. The molecule has 0 atom stereocenters. The number of nitrogens with zero attached hydrogens (tertiary/aromatic N) is 4. The molecular formula is C20H23N5O4S2. The summed E-state index contributed by atoms with van der Waals surface area (Å²) in [6.45, 7) is 4.72. The second-order valence-electron chi connectivity index (χ2n) is 6.21. The van der Waals surface area contributed by atoms with Crippen LogP contribution in [0.3, 0.4) is 0 Å². The number of benzene rings is 1. The number of anilines is 1. The van der Waals surface area contributed by atoms with Crippen LogP contribution in [0.15, 0.2) is 34.8 Å². The third-order valence-corrected chi connectivity index (χ3v) is 5.92. The number of amides is 1. The van der Waals surface area contributed by atoms with Crippen LogP contribution in [0.4, 0.5) is 5.13 Å². The van der Waals surface area contributed by atoms with Crippen molar-refractivity contribution in [2.45, 2.75) is 32.0 Å². The predicted octanol–water partition coefficient (Wildman–Crippen LogP) is 3.27. The number of esters is 1. The van der Waals surface area contributed by atoms with Crippen molar-refractivity contribution in [3.63, 3.8) is 0 Å². The predicted molar refractivity (Wildman–Crippen MR) is 119 cm³/mol. The second kappa shape index (κ2) is 10.9. The Morgan fingerprint density at radius 2 is 2.03 bits per heavy atom. The lowest BCUT2D eigenvalue weighted by molar-refractivity contribution is -0.142. The van der Waals surface area contributed by atoms with Crippen molar-refractivity contribution in [1.82, 2.24) is 19.7 Å². The molecule has 1 amide bonds. The van der Waals surface area contributed by atoms with Crippen LogP contribution in [0.25, 0.3) is 11.4 Å². The van der Waals surface area contributed by atoms with Crippen LogP contribution in [0.1, 0.15) is 19.5 Å². The van der Waals surface area contributed by atoms with E-state index in [1.54, 1.807) is 19.4 Å². The number of carbonyl (C=O) groups is 2. The number of thioether (sulfide) groups is 1. The first-order chi connectivity index (χ1) is 15.0. The fraction of sp³-hybridized carbons (Fsp3) is 0.350. The highest BCUT2D eigenvalue weighted by atomic mass is 32.2. The van der Waals surface area contributed by atoms with E-state index >= 15 is 0 Å². The van der Waals surface area contributed by atoms with Crippen LogP contribution < -0.4 is 10.1 Å². The van der Waals surface area contributed by atoms with Gasteiger partial charge in [0.15, 0.2) is 16.1 Å². The minimum atomic E-state index is -0.342. The minimum absolute atomic E-state index is 0.0836. The van der Waals surface area contributed by atoms with Gasteiger partial charge in [-0.25, -0.2) is 4.98 Å². The molecule has 9 nitrogen and oxygen atoms in total. The Morgan fingerprint density at radius 1 is 1.23 bits per heavy atom. The Morgan fingerprint density at radius 3 is 2.77 bits per heavy atom. The summed E-state index contributed by atoms with van der Waals surface area (Å²) in [5.74, 6) is 0.988. The molecule has 164 valence electrons. The van der Waals surface area contributed by atoms with E-state index in [0.29, 0.717) is 40.7 Å². The zero-order valence-electron chi connectivity index (χ0n) is 17.5. The van der Waals surface area contributed by atoms with Gasteiger partial charge in [-0.2, -0.15) is 0 Å². The molecule has 0 aliphatic heterocycles. The highest BCUT2D eigenvalue weighted by Gasteiger charge is 2.18. The molecule has 2 aromatic heterocycles. The smallest absolute Gasteiger partial charge is 0.311 e. The maximum absolute atomic E-state index is 12.4. The number of hydrogen-bond acceptors (Lipinski definition) is 9. The van der Waals surface area contributed by atoms with E-state index in [9.17, 15) is 9.59 Å². The molecule has 3 rings (SSSR count). The maximum atomic E-state index is 12.4. The lowest BCUT2D eigenvalue weighted by Gasteiger charge is -2.10. The van der Waals surface area contributed by atoms with Gasteiger partial charge in [-0.15, -0.1) is 21.5 Å². The van der Waals surface area contributed by atoms with Gasteiger partial charge in [-0.3, -0.25) is 9.59 Å². The van der Waals surface area contributed by atoms with Crippen LogP contribution in [0.5, 0.6) is 5.75 Å². The monoisotopic (exact) mass is 461 g/mol. The minimum Gasteiger partial charge on any atom is -0.496 e. The molecule has 2 heterocycles. The van der Waals surface area contributed by atoms with Crippen LogP contribution in [-0.4, -0.2) is 51.1 Å². The number of methoxy groups -OCH3 is 1. The van der Waals surface area contributed by atoms with Crippen molar-refractivity contribution in [3.05, 3.63) is 35.3 Å². The van der Waals surface area contributed by atoms with Crippen LogP contribution in [-0.2, 0) is 27.3 Å². The molecule has 0 spiro atoms. The maximum Gasteiger partial charge on any atom is 0.311 e. The SMILES string of the molecule is CCOC(=O)Cc1csc(NC(=O)CSc2nnc(-c3ccccc3OC)n2CC)n1. The summed E-state index contributed by atoms with van der Waals surface area (Å²) in [6, 6.07) is 7.60. The number of ether oxygens (including phenoxy) is 2. The normalized spacial score (nSPS) is 10.7. The fourth-order valence-corrected chi connectivity index (χ4v) is 4.33. The number of carbonyl (C=O) groups excluding carboxylic acids is 2. The molecule has 0 aliphatic carbocycles. The van der Waals surface area contributed by atoms with E-state index in [2.05, 4.69) is 20.5 Å². The van der Waals surface area contributed by atoms with E-state index in [4.69, 9.17) is 9.47 Å². The van der Waals surface area contributed by atoms with Crippen LogP contribution in [0, 0.1) is 0 Å². The van der Waals surface area contributed by atoms with Gasteiger partial charge in [-0.1, -0.05) is 23.9 Å². The fourth-order valence-electron chi connectivity index (χ4n) is 2.80. The standard InChI is InChI=1S/C20H23N5O4S2/c1-4-25-18(14-8-6-7-9-15(14)28-3)23-24-20(25)31-12-16(26)22-19-21-13(11-30-19)10-17(27)29-5-2/h6-9,11H,4-5,10,12H2,1-3H3,(H,21,22,26). The Labute approximate surface area is 188 Å². The number of para-hydroxylation sites is 1. The molecule has 0 fully saturated rings. The van der Waals surface area contributed by atoms with E-state index in [1.807, 2.05) is 35.8 Å². The number of aromatic nitrogens is 4. The lowest BCUT2D eigenvalue weighted by Crippen LogP contribution is -2.15. The van der Waals surface area contributed by atoms with Gasteiger partial charge in [0, 0.05) is 11.9 Å². The molecule has 3 aromatic rings. The van der Waals surface area contributed by atoms with Crippen molar-refractivity contribution in [3.8, 4) is 17.1 Å². The summed E-state index contributed by atoms with van der Waals surface area (Å²) in [4.78, 5) is 28.2. The quantitative estimate of drug-likeness (QED) is 0.362. The highest BCUT2D eigenvalue weighted by molar-refractivity contribution is 7.99. The molecule has 1 N–H and O–H groups in total. The van der Waals surface area contributed by atoms with Gasteiger partial charge in [0.05, 0.1) is 37.1 Å². The van der Waals surface area contributed by atoms with Gasteiger partial charge in [0.1, 0.15) is 5.75 Å².